The molecule has 1 heterocycles. The zero-order valence-electron chi connectivity index (χ0n) is 40.4. The van der Waals surface area contributed by atoms with E-state index in [-0.39, 0.29) is 5.75 Å². The molecule has 0 amide bonds. The lowest BCUT2D eigenvalue weighted by molar-refractivity contribution is 0.478. The first kappa shape index (κ1) is 42.9. The van der Waals surface area contributed by atoms with Crippen LogP contribution in [0.4, 0.5) is 34.1 Å². The van der Waals surface area contributed by atoms with Crippen molar-refractivity contribution in [2.24, 2.45) is 0 Å². The van der Waals surface area contributed by atoms with Crippen LogP contribution in [0.15, 0.2) is 235 Å². The quantitative estimate of drug-likeness (QED) is 0.139. The Morgan fingerprint density at radius 2 is 0.903 bits per heavy atom. The third kappa shape index (κ3) is 7.06. The Hall–Kier alpha value is -9.12. The number of aromatic hydroxyl groups is 1. The van der Waals surface area contributed by atoms with E-state index in [4.69, 9.17) is 4.42 Å². The van der Waals surface area contributed by atoms with E-state index in [2.05, 4.69) is 249 Å². The second kappa shape index (κ2) is 17.4. The summed E-state index contributed by atoms with van der Waals surface area (Å²) in [6, 6.07) is 82.1. The number of aryl methyl sites for hydroxylation is 3. The number of phenols is 1. The molecule has 0 saturated heterocycles. The SMILES string of the molecule is CCc1ccc(N(c2ccc3ccc4c(N(c5ccc(C)cc5)c5cccc(-c6cccc(-c7ccccc7C)c6)c5O)ccc5ccc2c3c54)c2cccc3c2oc2c(-c4ccccc4)cccc23)cc1. The summed E-state index contributed by atoms with van der Waals surface area (Å²) in [4.78, 5) is 4.61. The minimum Gasteiger partial charge on any atom is -0.505 e. The van der Waals surface area contributed by atoms with Crippen molar-refractivity contribution >= 4 is 88.4 Å². The second-order valence-electron chi connectivity index (χ2n) is 19.0. The van der Waals surface area contributed by atoms with Crippen molar-refractivity contribution < 1.29 is 9.52 Å². The summed E-state index contributed by atoms with van der Waals surface area (Å²) in [5.41, 5.74) is 17.2. The molecule has 0 saturated carbocycles. The summed E-state index contributed by atoms with van der Waals surface area (Å²) in [7, 11) is 0. The van der Waals surface area contributed by atoms with E-state index in [1.54, 1.807) is 0 Å². The maximum atomic E-state index is 12.6. The van der Waals surface area contributed by atoms with Crippen molar-refractivity contribution in [2.45, 2.75) is 27.2 Å². The normalized spacial score (nSPS) is 11.7. The molecule has 0 aliphatic carbocycles. The lowest BCUT2D eigenvalue weighted by Gasteiger charge is -2.30. The van der Waals surface area contributed by atoms with Crippen LogP contribution in [0.2, 0.25) is 0 Å². The van der Waals surface area contributed by atoms with Crippen LogP contribution in [0, 0.1) is 13.8 Å². The first-order chi connectivity index (χ1) is 35.4. The van der Waals surface area contributed by atoms with Crippen LogP contribution < -0.4 is 9.80 Å². The smallest absolute Gasteiger partial charge is 0.159 e. The third-order valence-corrected chi connectivity index (χ3v) is 14.7. The van der Waals surface area contributed by atoms with E-state index < -0.39 is 0 Å². The minimum atomic E-state index is 0.216. The molecule has 0 spiro atoms. The van der Waals surface area contributed by atoms with Gasteiger partial charge < -0.3 is 19.3 Å². The Labute approximate surface area is 419 Å². The summed E-state index contributed by atoms with van der Waals surface area (Å²) in [6.07, 6.45) is 0.950. The van der Waals surface area contributed by atoms with E-state index >= 15 is 0 Å². The Morgan fingerprint density at radius 1 is 0.389 bits per heavy atom. The van der Waals surface area contributed by atoms with Crippen molar-refractivity contribution in [3.63, 3.8) is 0 Å². The minimum absolute atomic E-state index is 0.216. The van der Waals surface area contributed by atoms with Gasteiger partial charge in [-0.05, 0) is 130 Å². The predicted molar refractivity (Wildman–Crippen MR) is 304 cm³/mol. The number of furan rings is 1. The molecule has 0 atom stereocenters. The van der Waals surface area contributed by atoms with E-state index in [1.807, 2.05) is 12.1 Å². The third-order valence-electron chi connectivity index (χ3n) is 14.7. The fourth-order valence-electron chi connectivity index (χ4n) is 11.1. The molecule has 0 unspecified atom stereocenters. The largest absolute Gasteiger partial charge is 0.505 e. The molecule has 72 heavy (non-hydrogen) atoms. The molecular formula is C68H50N2O2. The molecule has 0 bridgehead atoms. The van der Waals surface area contributed by atoms with E-state index in [0.29, 0.717) is 5.69 Å². The molecule has 13 aromatic rings. The summed E-state index contributed by atoms with van der Waals surface area (Å²) in [5, 5.41) is 21.6. The van der Waals surface area contributed by atoms with Gasteiger partial charge in [-0.2, -0.15) is 0 Å². The number of phenolic OH excluding ortho intramolecular Hbond substituents is 1. The van der Waals surface area contributed by atoms with Gasteiger partial charge in [0.25, 0.3) is 0 Å². The molecule has 4 heteroatoms. The van der Waals surface area contributed by atoms with Crippen LogP contribution in [-0.2, 0) is 6.42 Å². The highest BCUT2D eigenvalue weighted by Crippen LogP contribution is 2.51. The molecule has 0 aliphatic heterocycles. The number of fused-ring (bicyclic) bond motifs is 3. The van der Waals surface area contributed by atoms with Crippen LogP contribution in [0.25, 0.3) is 87.6 Å². The van der Waals surface area contributed by atoms with Gasteiger partial charge in [-0.1, -0.05) is 188 Å². The van der Waals surface area contributed by atoms with Gasteiger partial charge >= 0.3 is 0 Å². The molecule has 0 fully saturated rings. The number of anilines is 6. The number of para-hydroxylation sites is 3. The zero-order chi connectivity index (χ0) is 48.5. The number of hydrogen-bond donors (Lipinski definition) is 1. The lowest BCUT2D eigenvalue weighted by atomic mass is 9.91. The van der Waals surface area contributed by atoms with E-state index in [1.165, 1.54) is 27.5 Å². The molecule has 1 N–H and O–H groups in total. The Balaban J connectivity index is 1.02. The molecule has 0 radical (unpaired) electrons. The van der Waals surface area contributed by atoms with E-state index in [0.717, 1.165) is 112 Å². The van der Waals surface area contributed by atoms with Gasteiger partial charge in [-0.25, -0.2) is 0 Å². The number of rotatable bonds is 10. The summed E-state index contributed by atoms with van der Waals surface area (Å²) in [6.45, 7) is 6.45. The van der Waals surface area contributed by atoms with E-state index in [9.17, 15) is 5.11 Å². The van der Waals surface area contributed by atoms with Crippen LogP contribution in [0.5, 0.6) is 5.75 Å². The molecule has 12 aromatic carbocycles. The highest BCUT2D eigenvalue weighted by Gasteiger charge is 2.26. The fourth-order valence-corrected chi connectivity index (χ4v) is 11.1. The van der Waals surface area contributed by atoms with Gasteiger partial charge in [0.05, 0.1) is 22.7 Å². The van der Waals surface area contributed by atoms with Crippen molar-refractivity contribution in [1.82, 2.24) is 0 Å². The van der Waals surface area contributed by atoms with Crippen LogP contribution in [0.1, 0.15) is 23.6 Å². The van der Waals surface area contributed by atoms with Gasteiger partial charge in [-0.15, -0.1) is 0 Å². The average molecular weight is 927 g/mol. The molecular weight excluding hydrogens is 877 g/mol. The standard InChI is InChI=1S/C68H50N2O2/c1-4-45-28-36-52(37-29-45)70(63-25-13-23-57-56-22-11-21-55(67(56)72-68(57)63)46-15-6-5-7-16-46)61-41-33-48-30-38-58-60(40-32-47-31-39-59(61)65(48)64(47)58)69(51-34-26-43(2)27-35-51)62-24-12-20-54(66(62)71)50-18-10-17-49(42-50)53-19-9-8-14-44(53)3/h5-42,71H,4H2,1-3H3. The predicted octanol–water partition coefficient (Wildman–Crippen LogP) is 19.3. The monoisotopic (exact) mass is 926 g/mol. The number of nitrogens with zero attached hydrogens (tertiary/aromatic N) is 2. The Bertz CT molecular complexity index is 4170. The van der Waals surface area contributed by atoms with Crippen LogP contribution >= 0.6 is 0 Å². The maximum Gasteiger partial charge on any atom is 0.159 e. The van der Waals surface area contributed by atoms with Gasteiger partial charge in [0, 0.05) is 44.0 Å². The van der Waals surface area contributed by atoms with Gasteiger partial charge in [-0.3, -0.25) is 0 Å². The molecule has 1 aromatic heterocycles. The van der Waals surface area contributed by atoms with Gasteiger partial charge in [0.1, 0.15) is 11.3 Å². The van der Waals surface area contributed by atoms with Crippen molar-refractivity contribution in [1.29, 1.82) is 0 Å². The van der Waals surface area contributed by atoms with Crippen LogP contribution in [-0.4, -0.2) is 5.11 Å². The Morgan fingerprint density at radius 3 is 1.58 bits per heavy atom. The first-order valence-corrected chi connectivity index (χ1v) is 24.9. The molecule has 4 nitrogen and oxygen atoms in total. The van der Waals surface area contributed by atoms with Crippen LogP contribution in [0.3, 0.4) is 0 Å². The Kier molecular flexibility index (Phi) is 10.4. The maximum absolute atomic E-state index is 12.6. The zero-order valence-corrected chi connectivity index (χ0v) is 40.4. The average Bonchev–Trinajstić information content (AvgIpc) is 3.82. The van der Waals surface area contributed by atoms with Crippen molar-refractivity contribution in [3.05, 3.63) is 247 Å². The topological polar surface area (TPSA) is 39.9 Å². The summed E-state index contributed by atoms with van der Waals surface area (Å²) < 4.78 is 7.11. The number of benzene rings is 12. The summed E-state index contributed by atoms with van der Waals surface area (Å²) >= 11 is 0. The summed E-state index contributed by atoms with van der Waals surface area (Å²) in [5.74, 6) is 0.216. The van der Waals surface area contributed by atoms with Crippen molar-refractivity contribution in [2.75, 3.05) is 9.80 Å². The highest BCUT2D eigenvalue weighted by molar-refractivity contribution is 6.28. The first-order valence-electron chi connectivity index (χ1n) is 24.9. The molecule has 13 rings (SSSR count). The molecule has 344 valence electrons. The lowest BCUT2D eigenvalue weighted by Crippen LogP contribution is -2.12. The fraction of sp³-hybridized carbons (Fsp3) is 0.0588. The van der Waals surface area contributed by atoms with Crippen molar-refractivity contribution in [3.8, 4) is 39.1 Å². The molecule has 0 aliphatic rings. The highest BCUT2D eigenvalue weighted by atomic mass is 16.3. The number of hydrogen-bond acceptors (Lipinski definition) is 4. The van der Waals surface area contributed by atoms with Gasteiger partial charge in [0.2, 0.25) is 0 Å². The second-order valence-corrected chi connectivity index (χ2v) is 19.0. The van der Waals surface area contributed by atoms with Gasteiger partial charge in [0.15, 0.2) is 5.58 Å².